The van der Waals surface area contributed by atoms with Gasteiger partial charge in [0.1, 0.15) is 0 Å². The molecule has 3 nitrogen and oxygen atoms in total. The maximum absolute atomic E-state index is 4.07. The average molecular weight is 344 g/mol. The minimum Gasteiger partial charge on any atom is -0.309 e. The number of benzene rings is 1. The lowest BCUT2D eigenvalue weighted by Crippen LogP contribution is -2.12. The summed E-state index contributed by atoms with van der Waals surface area (Å²) >= 11 is 0. The molecule has 0 saturated carbocycles. The largest absolute Gasteiger partial charge is 0.309 e. The summed E-state index contributed by atoms with van der Waals surface area (Å²) in [5.74, 6) is 0. The summed E-state index contributed by atoms with van der Waals surface area (Å²) in [6.07, 6.45) is 12.1. The van der Waals surface area contributed by atoms with Crippen LogP contribution < -0.4 is 0 Å². The quantitative estimate of drug-likeness (QED) is 0.663. The molecule has 0 bridgehead atoms. The molecule has 0 aliphatic heterocycles. The number of rotatable bonds is 8. The van der Waals surface area contributed by atoms with E-state index in [2.05, 4.69) is 48.2 Å². The van der Waals surface area contributed by atoms with Gasteiger partial charge >= 0.3 is 0 Å². The highest BCUT2D eigenvalue weighted by atomic mass is 35.5. The van der Waals surface area contributed by atoms with Gasteiger partial charge in [0.05, 0.1) is 6.33 Å². The number of aryl methyl sites for hydroxylation is 1. The lowest BCUT2D eigenvalue weighted by atomic mass is 10.1. The van der Waals surface area contributed by atoms with Crippen molar-refractivity contribution >= 4 is 24.8 Å². The van der Waals surface area contributed by atoms with Gasteiger partial charge in [-0.05, 0) is 57.6 Å². The molecule has 0 unspecified atom stereocenters. The fraction of sp³-hybridized carbons (Fsp3) is 0.471. The molecule has 0 aliphatic rings. The first-order valence-corrected chi connectivity index (χ1v) is 7.48. The van der Waals surface area contributed by atoms with E-state index in [1.165, 1.54) is 49.9 Å². The Morgan fingerprint density at radius 1 is 0.955 bits per heavy atom. The molecule has 1 aromatic heterocycles. The van der Waals surface area contributed by atoms with Crippen LogP contribution in [0.4, 0.5) is 0 Å². The number of halogens is 2. The third kappa shape index (κ3) is 7.30. The minimum absolute atomic E-state index is 0. The molecule has 2 rings (SSSR count). The van der Waals surface area contributed by atoms with Crippen molar-refractivity contribution in [1.82, 2.24) is 14.5 Å². The molecular formula is C17H27Cl2N3. The molecule has 0 saturated heterocycles. The second kappa shape index (κ2) is 11.5. The van der Waals surface area contributed by atoms with Gasteiger partial charge in [-0.25, -0.2) is 4.98 Å². The molecule has 0 spiro atoms. The van der Waals surface area contributed by atoms with Crippen molar-refractivity contribution in [2.24, 2.45) is 0 Å². The predicted octanol–water partition coefficient (Wildman–Crippen LogP) is 4.38. The van der Waals surface area contributed by atoms with Crippen molar-refractivity contribution in [2.75, 3.05) is 20.6 Å². The first kappa shape index (κ1) is 21.0. The summed E-state index contributed by atoms with van der Waals surface area (Å²) in [5, 5.41) is 0. The van der Waals surface area contributed by atoms with E-state index in [1.54, 1.807) is 0 Å². The Bertz CT molecular complexity index is 481. The van der Waals surface area contributed by atoms with Crippen molar-refractivity contribution < 1.29 is 0 Å². The van der Waals surface area contributed by atoms with Crippen LogP contribution >= 0.6 is 24.8 Å². The summed E-state index contributed by atoms with van der Waals surface area (Å²) in [5.41, 5.74) is 2.61. The predicted molar refractivity (Wildman–Crippen MR) is 98.8 cm³/mol. The van der Waals surface area contributed by atoms with E-state index >= 15 is 0 Å². The molecule has 2 aromatic rings. The topological polar surface area (TPSA) is 21.1 Å². The molecule has 0 fully saturated rings. The van der Waals surface area contributed by atoms with Crippen molar-refractivity contribution in [2.45, 2.75) is 32.1 Å². The normalized spacial score (nSPS) is 10.1. The monoisotopic (exact) mass is 343 g/mol. The number of unbranched alkanes of at least 4 members (excludes halogenated alkanes) is 3. The van der Waals surface area contributed by atoms with Crippen LogP contribution in [-0.2, 0) is 6.42 Å². The number of hydrogen-bond donors (Lipinski definition) is 0. The zero-order chi connectivity index (χ0) is 14.2. The Labute approximate surface area is 146 Å². The van der Waals surface area contributed by atoms with Gasteiger partial charge < -0.3 is 9.47 Å². The smallest absolute Gasteiger partial charge is 0.0991 e. The molecule has 1 heterocycles. The maximum Gasteiger partial charge on any atom is 0.0991 e. The molecule has 22 heavy (non-hydrogen) atoms. The Morgan fingerprint density at radius 2 is 1.64 bits per heavy atom. The zero-order valence-electron chi connectivity index (χ0n) is 13.4. The first-order valence-electron chi connectivity index (χ1n) is 7.48. The van der Waals surface area contributed by atoms with E-state index in [4.69, 9.17) is 0 Å². The summed E-state index contributed by atoms with van der Waals surface area (Å²) in [7, 11) is 4.28. The van der Waals surface area contributed by atoms with Crippen LogP contribution in [0.25, 0.3) is 5.69 Å². The standard InChI is InChI=1S/C17H25N3.2ClH/c1-19(2)13-6-4-3-5-7-16-8-10-17(11-9-16)20-14-12-18-15-20;;/h8-12,14-15H,3-7,13H2,1-2H3;2*1H. The highest BCUT2D eigenvalue weighted by Crippen LogP contribution is 2.12. The number of aromatic nitrogens is 2. The molecule has 1 aromatic carbocycles. The fourth-order valence-electron chi connectivity index (χ4n) is 2.36. The van der Waals surface area contributed by atoms with Gasteiger partial charge in [0.25, 0.3) is 0 Å². The summed E-state index contributed by atoms with van der Waals surface area (Å²) in [6, 6.07) is 8.80. The molecule has 0 N–H and O–H groups in total. The summed E-state index contributed by atoms with van der Waals surface area (Å²) < 4.78 is 2.03. The van der Waals surface area contributed by atoms with Crippen molar-refractivity contribution in [3.05, 3.63) is 48.5 Å². The van der Waals surface area contributed by atoms with Gasteiger partial charge in [-0.15, -0.1) is 24.8 Å². The molecule has 0 amide bonds. The average Bonchev–Trinajstić information content (AvgIpc) is 2.97. The van der Waals surface area contributed by atoms with Crippen LogP contribution in [0.3, 0.4) is 0 Å². The fourth-order valence-corrected chi connectivity index (χ4v) is 2.36. The van der Waals surface area contributed by atoms with Crippen LogP contribution in [0.5, 0.6) is 0 Å². The SMILES string of the molecule is CN(C)CCCCCCc1ccc(-n2ccnc2)cc1.Cl.Cl. The number of nitrogens with zero attached hydrogens (tertiary/aromatic N) is 3. The van der Waals surface area contributed by atoms with E-state index in [0.29, 0.717) is 0 Å². The van der Waals surface area contributed by atoms with Gasteiger partial charge in [0.15, 0.2) is 0 Å². The third-order valence-corrected chi connectivity index (χ3v) is 3.56. The Balaban J connectivity index is 0.00000220. The molecule has 0 atom stereocenters. The van der Waals surface area contributed by atoms with E-state index < -0.39 is 0 Å². The Kier molecular flexibility index (Phi) is 11.0. The van der Waals surface area contributed by atoms with E-state index in [1.807, 2.05) is 23.3 Å². The van der Waals surface area contributed by atoms with E-state index in [0.717, 1.165) is 0 Å². The van der Waals surface area contributed by atoms with Gasteiger partial charge in [-0.1, -0.05) is 25.0 Å². The third-order valence-electron chi connectivity index (χ3n) is 3.56. The van der Waals surface area contributed by atoms with Gasteiger partial charge in [-0.2, -0.15) is 0 Å². The summed E-state index contributed by atoms with van der Waals surface area (Å²) in [4.78, 5) is 6.33. The second-order valence-electron chi connectivity index (χ2n) is 5.60. The minimum atomic E-state index is 0. The first-order chi connectivity index (χ1) is 9.75. The van der Waals surface area contributed by atoms with Crippen LogP contribution in [0.15, 0.2) is 43.0 Å². The van der Waals surface area contributed by atoms with Crippen molar-refractivity contribution in [3.8, 4) is 5.69 Å². The molecule has 124 valence electrons. The van der Waals surface area contributed by atoms with Crippen molar-refractivity contribution in [3.63, 3.8) is 0 Å². The van der Waals surface area contributed by atoms with Gasteiger partial charge in [0, 0.05) is 18.1 Å². The second-order valence-corrected chi connectivity index (χ2v) is 5.60. The summed E-state index contributed by atoms with van der Waals surface area (Å²) in [6.45, 7) is 1.21. The van der Waals surface area contributed by atoms with Crippen molar-refractivity contribution in [1.29, 1.82) is 0 Å². The van der Waals surface area contributed by atoms with Crippen LogP contribution in [-0.4, -0.2) is 35.1 Å². The molecular weight excluding hydrogens is 317 g/mol. The number of hydrogen-bond acceptors (Lipinski definition) is 2. The molecule has 0 aliphatic carbocycles. The van der Waals surface area contributed by atoms with Gasteiger partial charge in [-0.3, -0.25) is 0 Å². The van der Waals surface area contributed by atoms with E-state index in [-0.39, 0.29) is 24.8 Å². The molecule has 5 heteroatoms. The van der Waals surface area contributed by atoms with E-state index in [9.17, 15) is 0 Å². The maximum atomic E-state index is 4.07. The highest BCUT2D eigenvalue weighted by Gasteiger charge is 1.97. The highest BCUT2D eigenvalue weighted by molar-refractivity contribution is 5.85. The Hall–Kier alpha value is -1.03. The number of imidazole rings is 1. The lowest BCUT2D eigenvalue weighted by Gasteiger charge is -2.08. The Morgan fingerprint density at radius 3 is 2.23 bits per heavy atom. The van der Waals surface area contributed by atoms with Gasteiger partial charge in [0.2, 0.25) is 0 Å². The zero-order valence-corrected chi connectivity index (χ0v) is 15.1. The molecule has 0 radical (unpaired) electrons. The van der Waals surface area contributed by atoms with Crippen LogP contribution in [0.1, 0.15) is 31.2 Å². The lowest BCUT2D eigenvalue weighted by molar-refractivity contribution is 0.390. The van der Waals surface area contributed by atoms with Crippen LogP contribution in [0, 0.1) is 0 Å². The van der Waals surface area contributed by atoms with Crippen LogP contribution in [0.2, 0.25) is 0 Å².